The summed E-state index contributed by atoms with van der Waals surface area (Å²) >= 11 is 0. The van der Waals surface area contributed by atoms with Crippen molar-refractivity contribution < 1.29 is 14.0 Å². The highest BCUT2D eigenvalue weighted by Gasteiger charge is 2.12. The van der Waals surface area contributed by atoms with Crippen molar-refractivity contribution in [3.8, 4) is 0 Å². The lowest BCUT2D eigenvalue weighted by atomic mass is 10.1. The zero-order valence-corrected chi connectivity index (χ0v) is 13.9. The van der Waals surface area contributed by atoms with Crippen molar-refractivity contribution in [3.05, 3.63) is 90.2 Å². The van der Waals surface area contributed by atoms with Crippen LogP contribution in [0.5, 0.6) is 0 Å². The third-order valence-corrected chi connectivity index (χ3v) is 3.55. The average molecular weight is 347 g/mol. The number of para-hydroxylation sites is 1. The van der Waals surface area contributed by atoms with Crippen LogP contribution in [-0.2, 0) is 11.3 Å². The Kier molecular flexibility index (Phi) is 5.57. The molecule has 0 aliphatic carbocycles. The Hall–Kier alpha value is -3.67. The summed E-state index contributed by atoms with van der Waals surface area (Å²) in [7, 11) is 0. The molecule has 130 valence electrons. The van der Waals surface area contributed by atoms with Gasteiger partial charge in [-0.25, -0.2) is 0 Å². The average Bonchev–Trinajstić information content (AvgIpc) is 3.19. The summed E-state index contributed by atoms with van der Waals surface area (Å²) < 4.78 is 5.13. The van der Waals surface area contributed by atoms with E-state index in [0.29, 0.717) is 23.6 Å². The van der Waals surface area contributed by atoms with Crippen LogP contribution in [0.25, 0.3) is 6.08 Å². The van der Waals surface area contributed by atoms with Gasteiger partial charge in [-0.2, -0.15) is 0 Å². The van der Waals surface area contributed by atoms with Crippen molar-refractivity contribution in [1.82, 2.24) is 10.3 Å². The van der Waals surface area contributed by atoms with Crippen LogP contribution in [0.1, 0.15) is 21.7 Å². The number of nitrogens with one attached hydrogen (secondary N) is 2. The Labute approximate surface area is 150 Å². The fraction of sp³-hybridized carbons (Fsp3) is 0.0500. The van der Waals surface area contributed by atoms with Crippen LogP contribution in [0, 0.1) is 0 Å². The fourth-order valence-corrected chi connectivity index (χ4v) is 2.29. The number of pyridine rings is 1. The van der Waals surface area contributed by atoms with E-state index >= 15 is 0 Å². The Balaban J connectivity index is 1.65. The van der Waals surface area contributed by atoms with Gasteiger partial charge in [0.25, 0.3) is 5.91 Å². The molecule has 0 aliphatic rings. The standard InChI is InChI=1S/C20H17N3O3/c24-19(10-9-16-6-4-12-26-16)23-18-8-2-1-7-17(18)20(25)22-14-15-5-3-11-21-13-15/h1-13H,14H2,(H,22,25)(H,23,24)/b10-9-. The SMILES string of the molecule is O=C(/C=C\c1ccco1)Nc1ccccc1C(=O)NCc1cccnc1. The molecule has 3 aromatic rings. The van der Waals surface area contributed by atoms with E-state index in [1.807, 2.05) is 6.07 Å². The molecule has 0 spiro atoms. The largest absolute Gasteiger partial charge is 0.465 e. The van der Waals surface area contributed by atoms with Gasteiger partial charge in [0.2, 0.25) is 5.91 Å². The van der Waals surface area contributed by atoms with Crippen LogP contribution >= 0.6 is 0 Å². The van der Waals surface area contributed by atoms with Crippen LogP contribution < -0.4 is 10.6 Å². The van der Waals surface area contributed by atoms with Gasteiger partial charge in [0.05, 0.1) is 17.5 Å². The summed E-state index contributed by atoms with van der Waals surface area (Å²) in [5.41, 5.74) is 1.71. The van der Waals surface area contributed by atoms with E-state index in [-0.39, 0.29) is 11.8 Å². The minimum Gasteiger partial charge on any atom is -0.465 e. The summed E-state index contributed by atoms with van der Waals surface area (Å²) in [6.45, 7) is 0.355. The van der Waals surface area contributed by atoms with Crippen molar-refractivity contribution >= 4 is 23.6 Å². The number of benzene rings is 1. The second-order valence-electron chi connectivity index (χ2n) is 5.43. The summed E-state index contributed by atoms with van der Waals surface area (Å²) in [6, 6.07) is 14.0. The van der Waals surface area contributed by atoms with Crippen molar-refractivity contribution in [2.24, 2.45) is 0 Å². The zero-order chi connectivity index (χ0) is 18.2. The van der Waals surface area contributed by atoms with Crippen molar-refractivity contribution in [3.63, 3.8) is 0 Å². The number of hydrogen-bond acceptors (Lipinski definition) is 4. The number of amides is 2. The smallest absolute Gasteiger partial charge is 0.253 e. The topological polar surface area (TPSA) is 84.2 Å². The molecule has 2 N–H and O–H groups in total. The van der Waals surface area contributed by atoms with Crippen molar-refractivity contribution in [2.75, 3.05) is 5.32 Å². The van der Waals surface area contributed by atoms with Crippen LogP contribution in [0.2, 0.25) is 0 Å². The monoisotopic (exact) mass is 347 g/mol. The molecule has 2 aromatic heterocycles. The highest BCUT2D eigenvalue weighted by atomic mass is 16.3. The van der Waals surface area contributed by atoms with E-state index in [1.54, 1.807) is 60.9 Å². The van der Waals surface area contributed by atoms with E-state index in [2.05, 4.69) is 15.6 Å². The van der Waals surface area contributed by atoms with Crippen LogP contribution in [0.15, 0.2) is 77.7 Å². The second kappa shape index (κ2) is 8.43. The molecule has 6 heteroatoms. The second-order valence-corrected chi connectivity index (χ2v) is 5.43. The molecule has 0 aliphatic heterocycles. The van der Waals surface area contributed by atoms with E-state index in [1.165, 1.54) is 12.3 Å². The molecule has 6 nitrogen and oxygen atoms in total. The van der Waals surface area contributed by atoms with Crippen LogP contribution in [0.4, 0.5) is 5.69 Å². The minimum atomic E-state index is -0.353. The van der Waals surface area contributed by atoms with E-state index in [0.717, 1.165) is 5.56 Å². The van der Waals surface area contributed by atoms with Gasteiger partial charge >= 0.3 is 0 Å². The highest BCUT2D eigenvalue weighted by molar-refractivity contribution is 6.07. The minimum absolute atomic E-state index is 0.278. The summed E-state index contributed by atoms with van der Waals surface area (Å²) in [5, 5.41) is 5.53. The molecule has 26 heavy (non-hydrogen) atoms. The van der Waals surface area contributed by atoms with Gasteiger partial charge in [0, 0.05) is 25.0 Å². The molecule has 1 aromatic carbocycles. The summed E-state index contributed by atoms with van der Waals surface area (Å²) in [4.78, 5) is 28.5. The number of carbonyl (C=O) groups is 2. The van der Waals surface area contributed by atoms with Crippen LogP contribution in [-0.4, -0.2) is 16.8 Å². The Bertz CT molecular complexity index is 903. The van der Waals surface area contributed by atoms with Gasteiger partial charge in [0.1, 0.15) is 5.76 Å². The predicted octanol–water partition coefficient (Wildman–Crippen LogP) is 3.26. The van der Waals surface area contributed by atoms with Gasteiger partial charge in [0.15, 0.2) is 0 Å². The molecule has 0 fully saturated rings. The lowest BCUT2D eigenvalue weighted by molar-refractivity contribution is -0.111. The van der Waals surface area contributed by atoms with Gasteiger partial charge < -0.3 is 15.1 Å². The van der Waals surface area contributed by atoms with Gasteiger partial charge in [-0.15, -0.1) is 0 Å². The molecule has 0 atom stereocenters. The molecular formula is C20H17N3O3. The number of hydrogen-bond donors (Lipinski definition) is 2. The highest BCUT2D eigenvalue weighted by Crippen LogP contribution is 2.15. The maximum absolute atomic E-state index is 12.4. The Morgan fingerprint density at radius 3 is 2.73 bits per heavy atom. The summed E-state index contributed by atoms with van der Waals surface area (Å²) in [6.07, 6.45) is 7.79. The fourth-order valence-electron chi connectivity index (χ4n) is 2.29. The molecule has 0 bridgehead atoms. The van der Waals surface area contributed by atoms with Gasteiger partial charge in [-0.1, -0.05) is 18.2 Å². The molecule has 3 rings (SSSR count). The van der Waals surface area contributed by atoms with E-state index in [4.69, 9.17) is 4.42 Å². The van der Waals surface area contributed by atoms with Crippen molar-refractivity contribution in [2.45, 2.75) is 6.54 Å². The van der Waals surface area contributed by atoms with E-state index < -0.39 is 0 Å². The number of carbonyl (C=O) groups excluding carboxylic acids is 2. The Morgan fingerprint density at radius 1 is 1.08 bits per heavy atom. The number of rotatable bonds is 6. The molecule has 0 saturated carbocycles. The number of nitrogens with zero attached hydrogens (tertiary/aromatic N) is 1. The molecule has 0 radical (unpaired) electrons. The molecule has 2 amide bonds. The lowest BCUT2D eigenvalue weighted by Gasteiger charge is -2.10. The third kappa shape index (κ3) is 4.67. The van der Waals surface area contributed by atoms with Crippen LogP contribution in [0.3, 0.4) is 0 Å². The van der Waals surface area contributed by atoms with E-state index in [9.17, 15) is 9.59 Å². The number of aromatic nitrogens is 1. The number of anilines is 1. The molecule has 2 heterocycles. The van der Waals surface area contributed by atoms with Gasteiger partial charge in [-0.05, 0) is 42.0 Å². The first-order chi connectivity index (χ1) is 12.7. The molecule has 0 unspecified atom stereocenters. The Morgan fingerprint density at radius 2 is 1.96 bits per heavy atom. The normalized spacial score (nSPS) is 10.6. The molecular weight excluding hydrogens is 330 g/mol. The molecule has 0 saturated heterocycles. The first-order valence-electron chi connectivity index (χ1n) is 8.01. The quantitative estimate of drug-likeness (QED) is 0.670. The predicted molar refractivity (Wildman–Crippen MR) is 98.2 cm³/mol. The third-order valence-electron chi connectivity index (χ3n) is 3.55. The van der Waals surface area contributed by atoms with Gasteiger partial charge in [-0.3, -0.25) is 14.6 Å². The first-order valence-corrected chi connectivity index (χ1v) is 8.01. The van der Waals surface area contributed by atoms with Crippen molar-refractivity contribution in [1.29, 1.82) is 0 Å². The summed E-state index contributed by atoms with van der Waals surface area (Å²) in [5.74, 6) is -0.0590. The maximum atomic E-state index is 12.4. The maximum Gasteiger partial charge on any atom is 0.253 e. The lowest BCUT2D eigenvalue weighted by Crippen LogP contribution is -2.24. The first kappa shape index (κ1) is 17.2. The zero-order valence-electron chi connectivity index (χ0n) is 13.9. The number of furan rings is 1.